The molecule has 5 heteroatoms. The Morgan fingerprint density at radius 3 is 2.36 bits per heavy atom. The molecule has 0 N–H and O–H groups in total. The molecule has 2 rings (SSSR count). The first-order valence-electron chi connectivity index (χ1n) is 6.97. The van der Waals surface area contributed by atoms with Crippen LogP contribution in [0.2, 0.25) is 0 Å². The number of hydrogen-bond donors (Lipinski definition) is 0. The normalized spacial score (nSPS) is 20.1. The summed E-state index contributed by atoms with van der Waals surface area (Å²) in [4.78, 5) is 27.4. The number of imide groups is 1. The molecule has 2 aliphatic rings. The van der Waals surface area contributed by atoms with Crippen molar-refractivity contribution in [1.82, 2.24) is 9.80 Å². The molecule has 0 saturated heterocycles. The van der Waals surface area contributed by atoms with Crippen molar-refractivity contribution in [1.29, 1.82) is 5.26 Å². The predicted octanol–water partition coefficient (Wildman–Crippen LogP) is 2.04. The first kappa shape index (κ1) is 15.5. The fourth-order valence-corrected chi connectivity index (χ4v) is 2.25. The summed E-state index contributed by atoms with van der Waals surface area (Å²) in [7, 11) is 1.92. The van der Waals surface area contributed by atoms with Gasteiger partial charge >= 0.3 is 0 Å². The Bertz CT molecular complexity index is 699. The summed E-state index contributed by atoms with van der Waals surface area (Å²) in [6, 6.07) is 1.90. The molecule has 0 bridgehead atoms. The highest BCUT2D eigenvalue weighted by atomic mass is 16.2. The second-order valence-corrected chi connectivity index (χ2v) is 5.01. The van der Waals surface area contributed by atoms with Gasteiger partial charge in [-0.2, -0.15) is 5.26 Å². The number of nitrogens with zero attached hydrogens (tertiary/aromatic N) is 3. The van der Waals surface area contributed by atoms with Gasteiger partial charge in [0.25, 0.3) is 11.8 Å². The average molecular weight is 295 g/mol. The van der Waals surface area contributed by atoms with Crippen LogP contribution >= 0.6 is 0 Å². The number of carbonyl (C=O) groups excluding carboxylic acids is 2. The molecule has 112 valence electrons. The van der Waals surface area contributed by atoms with Crippen LogP contribution in [0.15, 0.2) is 59.0 Å². The minimum absolute atomic E-state index is 0.0283. The molecule has 0 saturated carbocycles. The first-order valence-corrected chi connectivity index (χ1v) is 6.97. The van der Waals surface area contributed by atoms with E-state index in [-0.39, 0.29) is 18.0 Å². The summed E-state index contributed by atoms with van der Waals surface area (Å²) < 4.78 is 0. The lowest BCUT2D eigenvalue weighted by Crippen LogP contribution is -2.42. The van der Waals surface area contributed by atoms with Gasteiger partial charge in [-0.3, -0.25) is 14.5 Å². The van der Waals surface area contributed by atoms with Gasteiger partial charge < -0.3 is 4.90 Å². The molecule has 0 aliphatic carbocycles. The monoisotopic (exact) mass is 295 g/mol. The third kappa shape index (κ3) is 2.77. The zero-order chi connectivity index (χ0) is 16.3. The second-order valence-electron chi connectivity index (χ2n) is 5.01. The highest BCUT2D eigenvalue weighted by Gasteiger charge is 2.33. The molecule has 0 atom stereocenters. The first-order chi connectivity index (χ1) is 10.5. The smallest absolute Gasteiger partial charge is 0.271 e. The number of carbonyl (C=O) groups is 2. The Hall–Kier alpha value is -2.87. The molecule has 0 radical (unpaired) electrons. The zero-order valence-corrected chi connectivity index (χ0v) is 12.8. The molecule has 0 unspecified atom stereocenters. The Labute approximate surface area is 129 Å². The van der Waals surface area contributed by atoms with Crippen LogP contribution in [0.3, 0.4) is 0 Å². The number of likely N-dealkylation sites (N-methyl/N-ethyl adjacent to an activating group) is 1. The average Bonchev–Trinajstić information content (AvgIpc) is 2.50. The number of allylic oxidation sites excluding steroid dienone is 5. The molecular formula is C17H17N3O2. The lowest BCUT2D eigenvalue weighted by molar-refractivity contribution is -0.140. The van der Waals surface area contributed by atoms with Crippen LogP contribution in [0.1, 0.15) is 13.8 Å². The topological polar surface area (TPSA) is 64.4 Å². The fraction of sp³-hybridized carbons (Fsp3) is 0.235. The quantitative estimate of drug-likeness (QED) is 0.577. The van der Waals surface area contributed by atoms with Crippen LogP contribution < -0.4 is 0 Å². The number of amides is 2. The molecule has 0 spiro atoms. The Morgan fingerprint density at radius 2 is 1.82 bits per heavy atom. The van der Waals surface area contributed by atoms with E-state index in [9.17, 15) is 9.59 Å². The van der Waals surface area contributed by atoms with E-state index >= 15 is 0 Å². The summed E-state index contributed by atoms with van der Waals surface area (Å²) in [6.07, 6.45) is 11.1. The maximum Gasteiger partial charge on any atom is 0.271 e. The van der Waals surface area contributed by atoms with E-state index in [2.05, 4.69) is 0 Å². The van der Waals surface area contributed by atoms with Gasteiger partial charge in [-0.25, -0.2) is 0 Å². The minimum Gasteiger partial charge on any atom is -0.357 e. The van der Waals surface area contributed by atoms with Gasteiger partial charge in [-0.1, -0.05) is 6.08 Å². The summed E-state index contributed by atoms with van der Waals surface area (Å²) in [5, 5.41) is 9.16. The van der Waals surface area contributed by atoms with Gasteiger partial charge in [0.05, 0.1) is 0 Å². The van der Waals surface area contributed by atoms with Crippen molar-refractivity contribution in [3.05, 3.63) is 59.0 Å². The van der Waals surface area contributed by atoms with Crippen LogP contribution in [0.25, 0.3) is 0 Å². The predicted molar refractivity (Wildman–Crippen MR) is 82.9 cm³/mol. The van der Waals surface area contributed by atoms with E-state index in [0.717, 1.165) is 10.5 Å². The zero-order valence-electron chi connectivity index (χ0n) is 12.8. The summed E-state index contributed by atoms with van der Waals surface area (Å²) in [5.41, 5.74) is 1.77. The fourth-order valence-electron chi connectivity index (χ4n) is 2.25. The van der Waals surface area contributed by atoms with E-state index in [1.165, 1.54) is 0 Å². The van der Waals surface area contributed by atoms with Gasteiger partial charge in [0.2, 0.25) is 0 Å². The Balaban J connectivity index is 2.45. The van der Waals surface area contributed by atoms with E-state index in [1.807, 2.05) is 42.6 Å². The second kappa shape index (κ2) is 6.27. The molecule has 0 aromatic heterocycles. The lowest BCUT2D eigenvalue weighted by atomic mass is 9.94. The summed E-state index contributed by atoms with van der Waals surface area (Å²) in [5.74, 6) is -0.877. The number of rotatable bonds is 2. The van der Waals surface area contributed by atoms with E-state index < -0.39 is 5.91 Å². The highest BCUT2D eigenvalue weighted by molar-refractivity contribution is 6.18. The molecule has 0 aromatic carbocycles. The summed E-state index contributed by atoms with van der Waals surface area (Å²) in [6.45, 7) is 3.59. The highest BCUT2D eigenvalue weighted by Crippen LogP contribution is 2.25. The van der Waals surface area contributed by atoms with E-state index in [1.54, 1.807) is 26.0 Å². The third-order valence-electron chi connectivity index (χ3n) is 3.59. The molecule has 2 aliphatic heterocycles. The Kier molecular flexibility index (Phi) is 4.42. The van der Waals surface area contributed by atoms with E-state index in [0.29, 0.717) is 11.1 Å². The standard InChI is InChI=1S/C17H17N3O2/c1-4-20-16(21)14(12(2)15(11-18)17(20)22)6-5-13-7-9-19(3)10-8-13/h5-10H,4H2,1-3H3/b14-6-. The SMILES string of the molecule is CCN1C(=O)C(C#N)=C(C)/C(=C/C=C2C=CN(C)C=C2)C1=O. The molecule has 2 heterocycles. The molecule has 0 fully saturated rings. The molecule has 2 amide bonds. The van der Waals surface area contributed by atoms with Crippen molar-refractivity contribution in [3.63, 3.8) is 0 Å². The van der Waals surface area contributed by atoms with Crippen LogP contribution in [0.5, 0.6) is 0 Å². The van der Waals surface area contributed by atoms with Crippen LogP contribution in [-0.4, -0.2) is 35.2 Å². The van der Waals surface area contributed by atoms with Crippen molar-refractivity contribution in [3.8, 4) is 6.07 Å². The van der Waals surface area contributed by atoms with Crippen molar-refractivity contribution in [2.24, 2.45) is 0 Å². The van der Waals surface area contributed by atoms with Gasteiger partial charge in [-0.15, -0.1) is 0 Å². The van der Waals surface area contributed by atoms with Gasteiger partial charge in [0.15, 0.2) is 0 Å². The van der Waals surface area contributed by atoms with Crippen LogP contribution in [0.4, 0.5) is 0 Å². The van der Waals surface area contributed by atoms with Crippen molar-refractivity contribution in [2.75, 3.05) is 13.6 Å². The minimum atomic E-state index is -0.517. The van der Waals surface area contributed by atoms with E-state index in [4.69, 9.17) is 5.26 Å². The number of nitriles is 1. The maximum absolute atomic E-state index is 12.4. The van der Waals surface area contributed by atoms with Crippen LogP contribution in [0, 0.1) is 11.3 Å². The lowest BCUT2D eigenvalue weighted by Gasteiger charge is -2.26. The van der Waals surface area contributed by atoms with Gasteiger partial charge in [0.1, 0.15) is 11.6 Å². The third-order valence-corrected chi connectivity index (χ3v) is 3.59. The number of hydrogen-bond acceptors (Lipinski definition) is 4. The van der Waals surface area contributed by atoms with Crippen molar-refractivity contribution >= 4 is 11.8 Å². The molecule has 22 heavy (non-hydrogen) atoms. The molecular weight excluding hydrogens is 278 g/mol. The molecule has 5 nitrogen and oxygen atoms in total. The van der Waals surface area contributed by atoms with Crippen molar-refractivity contribution in [2.45, 2.75) is 13.8 Å². The maximum atomic E-state index is 12.4. The van der Waals surface area contributed by atoms with Crippen molar-refractivity contribution < 1.29 is 9.59 Å². The van der Waals surface area contributed by atoms with Crippen LogP contribution in [-0.2, 0) is 9.59 Å². The largest absolute Gasteiger partial charge is 0.357 e. The Morgan fingerprint density at radius 1 is 1.18 bits per heavy atom. The molecule has 0 aromatic rings. The van der Waals surface area contributed by atoms with Gasteiger partial charge in [0, 0.05) is 31.6 Å². The summed E-state index contributed by atoms with van der Waals surface area (Å²) >= 11 is 0. The van der Waals surface area contributed by atoms with Gasteiger partial charge in [-0.05, 0) is 43.2 Å².